The molecule has 0 saturated carbocycles. The average Bonchev–Trinajstić information content (AvgIpc) is 2.63. The van der Waals surface area contributed by atoms with Gasteiger partial charge in [-0.2, -0.15) is 0 Å². The maximum absolute atomic E-state index is 12.5. The number of halogens is 1. The molecule has 1 amide bonds. The zero-order chi connectivity index (χ0) is 20.8. The highest BCUT2D eigenvalue weighted by Crippen LogP contribution is 2.28. The van der Waals surface area contributed by atoms with Crippen molar-refractivity contribution in [3.8, 4) is 0 Å². The third-order valence-corrected chi connectivity index (χ3v) is 4.46. The molecule has 0 aliphatic heterocycles. The molecule has 0 saturated heterocycles. The van der Waals surface area contributed by atoms with E-state index >= 15 is 0 Å². The summed E-state index contributed by atoms with van der Waals surface area (Å²) in [4.78, 5) is 35.3. The number of esters is 1. The summed E-state index contributed by atoms with van der Waals surface area (Å²) >= 11 is 5.89. The Labute approximate surface area is 167 Å². The minimum absolute atomic E-state index is 0.0609. The summed E-state index contributed by atoms with van der Waals surface area (Å²) in [7, 11) is 0. The minimum atomic E-state index is -0.649. The van der Waals surface area contributed by atoms with Crippen LogP contribution in [0.3, 0.4) is 0 Å². The van der Waals surface area contributed by atoms with E-state index in [0.717, 1.165) is 5.56 Å². The fraction of sp³-hybridized carbons (Fsp3) is 0.300. The molecule has 148 valence electrons. The van der Waals surface area contributed by atoms with E-state index in [1.165, 1.54) is 12.1 Å². The van der Waals surface area contributed by atoms with Crippen LogP contribution in [0, 0.1) is 23.0 Å². The van der Waals surface area contributed by atoms with Crippen LogP contribution in [0.15, 0.2) is 42.5 Å². The topological polar surface area (TPSA) is 98.5 Å². The van der Waals surface area contributed by atoms with Crippen molar-refractivity contribution < 1.29 is 19.2 Å². The molecule has 0 heterocycles. The van der Waals surface area contributed by atoms with Gasteiger partial charge in [-0.05, 0) is 36.1 Å². The molecule has 0 unspecified atom stereocenters. The van der Waals surface area contributed by atoms with Gasteiger partial charge >= 0.3 is 5.97 Å². The molecular formula is C20H21ClN2O5. The lowest BCUT2D eigenvalue weighted by molar-refractivity contribution is -0.384. The SMILES string of the molecule is Cc1cccc([N+](=O)[O-])c1NC(=O)COC(=O)[C@H](c1ccc(Cl)cc1)C(C)C. The fourth-order valence-electron chi connectivity index (χ4n) is 2.83. The van der Waals surface area contributed by atoms with Crippen LogP contribution in [0.4, 0.5) is 11.4 Å². The summed E-state index contributed by atoms with van der Waals surface area (Å²) in [5, 5.41) is 14.1. The molecule has 0 radical (unpaired) electrons. The molecule has 0 bridgehead atoms. The van der Waals surface area contributed by atoms with Crippen LogP contribution >= 0.6 is 11.6 Å². The van der Waals surface area contributed by atoms with Crippen molar-refractivity contribution in [3.63, 3.8) is 0 Å². The molecular weight excluding hydrogens is 384 g/mol. The average molecular weight is 405 g/mol. The van der Waals surface area contributed by atoms with E-state index in [2.05, 4.69) is 5.32 Å². The van der Waals surface area contributed by atoms with Gasteiger partial charge in [-0.25, -0.2) is 0 Å². The Morgan fingerprint density at radius 1 is 1.18 bits per heavy atom. The molecule has 0 aliphatic rings. The summed E-state index contributed by atoms with van der Waals surface area (Å²) in [5.41, 5.74) is 1.14. The quantitative estimate of drug-likeness (QED) is 0.416. The fourth-order valence-corrected chi connectivity index (χ4v) is 2.96. The van der Waals surface area contributed by atoms with Crippen LogP contribution in [-0.4, -0.2) is 23.4 Å². The second-order valence-electron chi connectivity index (χ2n) is 6.66. The number of benzene rings is 2. The molecule has 0 aromatic heterocycles. The van der Waals surface area contributed by atoms with Crippen molar-refractivity contribution in [2.75, 3.05) is 11.9 Å². The molecule has 0 fully saturated rings. The van der Waals surface area contributed by atoms with Crippen LogP contribution in [-0.2, 0) is 14.3 Å². The number of hydrogen-bond donors (Lipinski definition) is 1. The van der Waals surface area contributed by atoms with Crippen molar-refractivity contribution in [2.45, 2.75) is 26.7 Å². The number of hydrogen-bond acceptors (Lipinski definition) is 5. The molecule has 0 spiro atoms. The van der Waals surface area contributed by atoms with Gasteiger partial charge in [-0.1, -0.05) is 49.7 Å². The highest BCUT2D eigenvalue weighted by atomic mass is 35.5. The predicted octanol–water partition coefficient (Wildman–Crippen LogP) is 4.48. The summed E-state index contributed by atoms with van der Waals surface area (Å²) in [5.74, 6) is -1.82. The third kappa shape index (κ3) is 5.29. The Kier molecular flexibility index (Phi) is 7.12. The second-order valence-corrected chi connectivity index (χ2v) is 7.09. The van der Waals surface area contributed by atoms with Crippen molar-refractivity contribution >= 4 is 34.9 Å². The Balaban J connectivity index is 2.06. The van der Waals surface area contributed by atoms with Gasteiger partial charge in [-0.15, -0.1) is 0 Å². The Morgan fingerprint density at radius 2 is 1.82 bits per heavy atom. The first kappa shape index (κ1) is 21.4. The lowest BCUT2D eigenvalue weighted by Gasteiger charge is -2.20. The maximum Gasteiger partial charge on any atom is 0.314 e. The van der Waals surface area contributed by atoms with Crippen LogP contribution in [0.25, 0.3) is 0 Å². The number of nitrogens with one attached hydrogen (secondary N) is 1. The number of aryl methyl sites for hydroxylation is 1. The van der Waals surface area contributed by atoms with Gasteiger partial charge in [0.15, 0.2) is 6.61 Å². The number of nitrogens with zero attached hydrogens (tertiary/aromatic N) is 1. The summed E-state index contributed by atoms with van der Waals surface area (Å²) in [6.07, 6.45) is 0. The van der Waals surface area contributed by atoms with Crippen molar-refractivity contribution in [1.82, 2.24) is 0 Å². The molecule has 28 heavy (non-hydrogen) atoms. The van der Waals surface area contributed by atoms with Crippen LogP contribution in [0.1, 0.15) is 30.9 Å². The Hall–Kier alpha value is -2.93. The largest absolute Gasteiger partial charge is 0.455 e. The molecule has 8 heteroatoms. The third-order valence-electron chi connectivity index (χ3n) is 4.21. The number of carbonyl (C=O) groups excluding carboxylic acids is 2. The first-order chi connectivity index (χ1) is 13.2. The number of anilines is 1. The van der Waals surface area contributed by atoms with E-state index in [9.17, 15) is 19.7 Å². The summed E-state index contributed by atoms with van der Waals surface area (Å²) < 4.78 is 5.17. The number of nitro groups is 1. The predicted molar refractivity (Wildman–Crippen MR) is 106 cm³/mol. The molecule has 2 aromatic carbocycles. The lowest BCUT2D eigenvalue weighted by Crippen LogP contribution is -2.26. The molecule has 0 aliphatic carbocycles. The van der Waals surface area contributed by atoms with Gasteiger partial charge in [0, 0.05) is 11.1 Å². The monoisotopic (exact) mass is 404 g/mol. The van der Waals surface area contributed by atoms with E-state index < -0.39 is 29.3 Å². The summed E-state index contributed by atoms with van der Waals surface area (Å²) in [6.45, 7) is 4.85. The van der Waals surface area contributed by atoms with Crippen LogP contribution in [0.2, 0.25) is 5.02 Å². The molecule has 2 aromatic rings. The Morgan fingerprint density at radius 3 is 2.39 bits per heavy atom. The van der Waals surface area contributed by atoms with Gasteiger partial charge in [0.25, 0.3) is 11.6 Å². The zero-order valence-corrected chi connectivity index (χ0v) is 16.5. The smallest absolute Gasteiger partial charge is 0.314 e. The van der Waals surface area contributed by atoms with Crippen LogP contribution in [0.5, 0.6) is 0 Å². The number of rotatable bonds is 7. The highest BCUT2D eigenvalue weighted by Gasteiger charge is 2.27. The van der Waals surface area contributed by atoms with E-state index in [-0.39, 0.29) is 17.3 Å². The number of para-hydroxylation sites is 1. The highest BCUT2D eigenvalue weighted by molar-refractivity contribution is 6.30. The van der Waals surface area contributed by atoms with Gasteiger partial charge in [0.2, 0.25) is 0 Å². The summed E-state index contributed by atoms with van der Waals surface area (Å²) in [6, 6.07) is 11.3. The second kappa shape index (κ2) is 9.32. The van der Waals surface area contributed by atoms with E-state index in [1.54, 1.807) is 37.3 Å². The lowest BCUT2D eigenvalue weighted by atomic mass is 9.88. The van der Waals surface area contributed by atoms with Crippen molar-refractivity contribution in [3.05, 3.63) is 68.7 Å². The van der Waals surface area contributed by atoms with Crippen molar-refractivity contribution in [1.29, 1.82) is 0 Å². The molecule has 2 rings (SSSR count). The Bertz CT molecular complexity index is 881. The molecule has 1 atom stereocenters. The molecule has 7 nitrogen and oxygen atoms in total. The number of amides is 1. The van der Waals surface area contributed by atoms with Gasteiger partial charge in [-0.3, -0.25) is 19.7 Å². The zero-order valence-electron chi connectivity index (χ0n) is 15.8. The van der Waals surface area contributed by atoms with E-state index in [0.29, 0.717) is 10.6 Å². The van der Waals surface area contributed by atoms with Crippen LogP contribution < -0.4 is 5.32 Å². The number of nitro benzene ring substituents is 1. The standard InChI is InChI=1S/C20H21ClN2O5/c1-12(2)18(14-7-9-15(21)10-8-14)20(25)28-11-17(24)22-19-13(3)5-4-6-16(19)23(26)27/h4-10,12,18H,11H2,1-3H3,(H,22,24)/t18-/m0/s1. The van der Waals surface area contributed by atoms with Gasteiger partial charge < -0.3 is 10.1 Å². The first-order valence-corrected chi connectivity index (χ1v) is 9.04. The van der Waals surface area contributed by atoms with Gasteiger partial charge in [0.05, 0.1) is 10.8 Å². The van der Waals surface area contributed by atoms with Crippen molar-refractivity contribution in [2.24, 2.45) is 5.92 Å². The normalized spacial score (nSPS) is 11.8. The first-order valence-electron chi connectivity index (χ1n) is 8.66. The molecule has 1 N–H and O–H groups in total. The minimum Gasteiger partial charge on any atom is -0.455 e. The maximum atomic E-state index is 12.5. The van der Waals surface area contributed by atoms with E-state index in [4.69, 9.17) is 16.3 Å². The number of carbonyl (C=O) groups is 2. The van der Waals surface area contributed by atoms with E-state index in [1.807, 2.05) is 13.8 Å². The van der Waals surface area contributed by atoms with Gasteiger partial charge in [0.1, 0.15) is 5.69 Å². The number of ether oxygens (including phenoxy) is 1.